The number of hydrogen-bond acceptors (Lipinski definition) is 10. The molecule has 0 radical (unpaired) electrons. The zero-order valence-electron chi connectivity index (χ0n) is 18.0. The van der Waals surface area contributed by atoms with Crippen molar-refractivity contribution in [3.05, 3.63) is 35.8 Å². The molecule has 3 N–H and O–H groups in total. The van der Waals surface area contributed by atoms with E-state index < -0.39 is 5.82 Å². The summed E-state index contributed by atoms with van der Waals surface area (Å²) in [7, 11) is 4.15. The van der Waals surface area contributed by atoms with E-state index in [1.54, 1.807) is 0 Å². The predicted molar refractivity (Wildman–Crippen MR) is 115 cm³/mol. The molecular formula is C19H26FN11. The van der Waals surface area contributed by atoms with Crippen molar-refractivity contribution in [3.63, 3.8) is 0 Å². The van der Waals surface area contributed by atoms with Crippen molar-refractivity contribution >= 4 is 23.7 Å². The van der Waals surface area contributed by atoms with E-state index in [0.29, 0.717) is 35.5 Å². The van der Waals surface area contributed by atoms with Crippen molar-refractivity contribution in [1.82, 2.24) is 40.0 Å². The van der Waals surface area contributed by atoms with E-state index in [1.807, 2.05) is 19.9 Å². The largest absolute Gasteiger partial charge is 0.344 e. The monoisotopic (exact) mass is 427 g/mol. The number of halogens is 1. The van der Waals surface area contributed by atoms with E-state index in [4.69, 9.17) is 0 Å². The van der Waals surface area contributed by atoms with Gasteiger partial charge in [0.2, 0.25) is 17.8 Å². The maximum absolute atomic E-state index is 13.1. The molecule has 0 aromatic carbocycles. The molecule has 0 aliphatic carbocycles. The number of aryl methyl sites for hydroxylation is 1. The van der Waals surface area contributed by atoms with Gasteiger partial charge in [-0.3, -0.25) is 5.10 Å². The normalized spacial score (nSPS) is 17.2. The van der Waals surface area contributed by atoms with Crippen LogP contribution in [0.15, 0.2) is 18.5 Å². The number of aromatic nitrogens is 7. The maximum Gasteiger partial charge on any atom is 0.235 e. The highest BCUT2D eigenvalue weighted by atomic mass is 19.1. The molecule has 2 atom stereocenters. The fraction of sp³-hybridized carbons (Fsp3) is 0.474. The number of aromatic amines is 1. The maximum atomic E-state index is 13.1. The first-order valence-electron chi connectivity index (χ1n) is 10.1. The third kappa shape index (κ3) is 5.02. The van der Waals surface area contributed by atoms with Crippen molar-refractivity contribution < 1.29 is 4.39 Å². The summed E-state index contributed by atoms with van der Waals surface area (Å²) in [5, 5.41) is 13.4. The van der Waals surface area contributed by atoms with Crippen LogP contribution in [0.3, 0.4) is 0 Å². The summed E-state index contributed by atoms with van der Waals surface area (Å²) in [6.45, 7) is 5.46. The van der Waals surface area contributed by atoms with Crippen LogP contribution in [0.4, 0.5) is 28.1 Å². The van der Waals surface area contributed by atoms with Gasteiger partial charge in [-0.15, -0.1) is 0 Å². The zero-order valence-corrected chi connectivity index (χ0v) is 18.0. The third-order valence-corrected chi connectivity index (χ3v) is 5.12. The lowest BCUT2D eigenvalue weighted by Gasteiger charge is -2.21. The van der Waals surface area contributed by atoms with Gasteiger partial charge >= 0.3 is 0 Å². The van der Waals surface area contributed by atoms with Crippen molar-refractivity contribution in [2.24, 2.45) is 0 Å². The zero-order chi connectivity index (χ0) is 22.0. The Balaban J connectivity index is 1.60. The average molecular weight is 427 g/mol. The minimum Gasteiger partial charge on any atom is -0.344 e. The Morgan fingerprint density at radius 1 is 1.19 bits per heavy atom. The lowest BCUT2D eigenvalue weighted by atomic mass is 10.2. The predicted octanol–water partition coefficient (Wildman–Crippen LogP) is 1.89. The van der Waals surface area contributed by atoms with Gasteiger partial charge in [0.05, 0.1) is 18.4 Å². The SMILES string of the molecule is Cc1cc(Nc2nc(N[C@@H](C)c3ncc(F)cn3)nc(N3CC[C@@H](N(C)C)C3)n2)n[nH]1. The van der Waals surface area contributed by atoms with Gasteiger partial charge in [-0.05, 0) is 34.4 Å². The van der Waals surface area contributed by atoms with Crippen molar-refractivity contribution in [2.45, 2.75) is 32.4 Å². The number of rotatable bonds is 7. The summed E-state index contributed by atoms with van der Waals surface area (Å²) in [6.07, 6.45) is 3.30. The summed E-state index contributed by atoms with van der Waals surface area (Å²) in [4.78, 5) is 26.1. The Morgan fingerprint density at radius 2 is 1.94 bits per heavy atom. The van der Waals surface area contributed by atoms with Crippen LogP contribution in [-0.2, 0) is 0 Å². The summed E-state index contributed by atoms with van der Waals surface area (Å²) >= 11 is 0. The van der Waals surface area contributed by atoms with Gasteiger partial charge in [-0.2, -0.15) is 20.1 Å². The molecule has 1 aliphatic rings. The van der Waals surface area contributed by atoms with Crippen LogP contribution < -0.4 is 15.5 Å². The van der Waals surface area contributed by atoms with Crippen LogP contribution in [0.5, 0.6) is 0 Å². The minimum absolute atomic E-state index is 0.329. The number of hydrogen-bond donors (Lipinski definition) is 3. The molecule has 3 aromatic heterocycles. The van der Waals surface area contributed by atoms with Gasteiger partial charge in [-0.25, -0.2) is 14.4 Å². The molecule has 164 valence electrons. The molecule has 1 fully saturated rings. The molecular weight excluding hydrogens is 401 g/mol. The highest BCUT2D eigenvalue weighted by molar-refractivity contribution is 5.53. The molecule has 1 saturated heterocycles. The summed E-state index contributed by atoms with van der Waals surface area (Å²) in [5.41, 5.74) is 0.922. The van der Waals surface area contributed by atoms with E-state index in [9.17, 15) is 4.39 Å². The Hall–Kier alpha value is -3.41. The Morgan fingerprint density at radius 3 is 2.58 bits per heavy atom. The summed E-state index contributed by atoms with van der Waals surface area (Å²) in [6, 6.07) is 1.97. The number of nitrogens with one attached hydrogen (secondary N) is 3. The first-order valence-corrected chi connectivity index (χ1v) is 10.1. The van der Waals surface area contributed by atoms with Crippen LogP contribution in [-0.4, -0.2) is 73.2 Å². The molecule has 0 spiro atoms. The molecule has 4 rings (SSSR count). The molecule has 0 amide bonds. The molecule has 3 aromatic rings. The van der Waals surface area contributed by atoms with Gasteiger partial charge in [0.15, 0.2) is 11.6 Å². The molecule has 0 unspecified atom stereocenters. The molecule has 4 heterocycles. The van der Waals surface area contributed by atoms with Crippen molar-refractivity contribution in [3.8, 4) is 0 Å². The molecule has 0 bridgehead atoms. The van der Waals surface area contributed by atoms with Crippen LogP contribution in [0.2, 0.25) is 0 Å². The van der Waals surface area contributed by atoms with E-state index >= 15 is 0 Å². The number of anilines is 4. The third-order valence-electron chi connectivity index (χ3n) is 5.12. The molecule has 1 aliphatic heterocycles. The highest BCUT2D eigenvalue weighted by Gasteiger charge is 2.27. The fourth-order valence-corrected chi connectivity index (χ4v) is 3.37. The first-order chi connectivity index (χ1) is 14.9. The first kappa shape index (κ1) is 20.8. The van der Waals surface area contributed by atoms with Gasteiger partial charge < -0.3 is 20.4 Å². The fourth-order valence-electron chi connectivity index (χ4n) is 3.37. The molecule has 31 heavy (non-hydrogen) atoms. The van der Waals surface area contributed by atoms with Crippen molar-refractivity contribution in [2.75, 3.05) is 42.7 Å². The van der Waals surface area contributed by atoms with E-state index in [-0.39, 0.29) is 6.04 Å². The quantitative estimate of drug-likeness (QED) is 0.515. The number of likely N-dealkylation sites (N-methyl/N-ethyl adjacent to an activating group) is 1. The van der Waals surface area contributed by atoms with Crippen LogP contribution in [0.1, 0.15) is 30.9 Å². The summed E-state index contributed by atoms with van der Waals surface area (Å²) < 4.78 is 13.1. The molecule has 12 heteroatoms. The van der Waals surface area contributed by atoms with Crippen LogP contribution in [0, 0.1) is 12.7 Å². The van der Waals surface area contributed by atoms with Gasteiger partial charge in [0.1, 0.15) is 5.82 Å². The van der Waals surface area contributed by atoms with Gasteiger partial charge in [-0.1, -0.05) is 0 Å². The lowest BCUT2D eigenvalue weighted by Crippen LogP contribution is -2.32. The molecule has 11 nitrogen and oxygen atoms in total. The van der Waals surface area contributed by atoms with Crippen LogP contribution >= 0.6 is 0 Å². The number of nitrogens with zero attached hydrogens (tertiary/aromatic N) is 8. The second-order valence-corrected chi connectivity index (χ2v) is 7.82. The van der Waals surface area contributed by atoms with Gasteiger partial charge in [0, 0.05) is 30.9 Å². The second-order valence-electron chi connectivity index (χ2n) is 7.82. The Kier molecular flexibility index (Phi) is 5.89. The molecule has 0 saturated carbocycles. The Labute approximate surface area is 179 Å². The summed E-state index contributed by atoms with van der Waals surface area (Å²) in [5.74, 6) is 1.89. The number of H-pyrrole nitrogens is 1. The lowest BCUT2D eigenvalue weighted by molar-refractivity contribution is 0.315. The van der Waals surface area contributed by atoms with Gasteiger partial charge in [0.25, 0.3) is 0 Å². The second kappa shape index (κ2) is 8.76. The Bertz CT molecular complexity index is 1020. The van der Waals surface area contributed by atoms with E-state index in [0.717, 1.165) is 37.6 Å². The minimum atomic E-state index is -0.483. The topological polar surface area (TPSA) is 124 Å². The van der Waals surface area contributed by atoms with Crippen LogP contribution in [0.25, 0.3) is 0 Å². The smallest absolute Gasteiger partial charge is 0.235 e. The van der Waals surface area contributed by atoms with Crippen molar-refractivity contribution in [1.29, 1.82) is 0 Å². The van der Waals surface area contributed by atoms with E-state index in [1.165, 1.54) is 0 Å². The standard InChI is InChI=1S/C19H26FN11/c1-11-7-15(29-28-11)24-18-25-17(23-12(2)16-21-8-13(20)9-22-16)26-19(27-18)31-6-5-14(10-31)30(3)4/h7-9,12,14H,5-6,10H2,1-4H3,(H3,23,24,25,26,27,28,29)/t12-,14+/m0/s1. The van der Waals surface area contributed by atoms with E-state index in [2.05, 4.69) is 69.6 Å². The highest BCUT2D eigenvalue weighted by Crippen LogP contribution is 2.23. The average Bonchev–Trinajstić information content (AvgIpc) is 3.38.